The molecular formula is C14H26O. The van der Waals surface area contributed by atoms with E-state index in [4.69, 9.17) is 0 Å². The maximum atomic E-state index is 9.59. The first-order valence-corrected chi connectivity index (χ1v) is 6.66. The van der Waals surface area contributed by atoms with Crippen LogP contribution < -0.4 is 0 Å². The summed E-state index contributed by atoms with van der Waals surface area (Å²) in [4.78, 5) is 0. The predicted molar refractivity (Wildman–Crippen MR) is 63.6 cm³/mol. The number of aliphatic hydroxyl groups is 1. The number of hydrogen-bond acceptors (Lipinski definition) is 1. The predicted octanol–water partition coefficient (Wildman–Crippen LogP) is 3.47. The molecule has 0 amide bonds. The van der Waals surface area contributed by atoms with Gasteiger partial charge in [0.15, 0.2) is 0 Å². The number of aliphatic hydroxyl groups excluding tert-OH is 1. The minimum Gasteiger partial charge on any atom is -0.396 e. The molecule has 0 radical (unpaired) electrons. The standard InChI is InChI=1S/C14H26O/c1-10(2)14(3,9-15)8-13-7-11-4-5-12(13)6-11/h10-13,15H,4-9H2,1-3H3. The van der Waals surface area contributed by atoms with Gasteiger partial charge in [-0.3, -0.25) is 0 Å². The Hall–Kier alpha value is -0.0400. The molecule has 1 nitrogen and oxygen atoms in total. The van der Waals surface area contributed by atoms with Crippen molar-refractivity contribution in [2.75, 3.05) is 6.61 Å². The van der Waals surface area contributed by atoms with Crippen LogP contribution in [0.1, 0.15) is 52.9 Å². The molecule has 2 fully saturated rings. The van der Waals surface area contributed by atoms with Crippen molar-refractivity contribution in [1.29, 1.82) is 0 Å². The smallest absolute Gasteiger partial charge is 0.0487 e. The molecule has 0 heterocycles. The zero-order valence-corrected chi connectivity index (χ0v) is 10.5. The van der Waals surface area contributed by atoms with Gasteiger partial charge in [-0.15, -0.1) is 0 Å². The fraction of sp³-hybridized carbons (Fsp3) is 1.00. The van der Waals surface area contributed by atoms with Crippen molar-refractivity contribution in [1.82, 2.24) is 0 Å². The van der Waals surface area contributed by atoms with Gasteiger partial charge in [0.05, 0.1) is 0 Å². The quantitative estimate of drug-likeness (QED) is 0.753. The Morgan fingerprint density at radius 3 is 2.40 bits per heavy atom. The van der Waals surface area contributed by atoms with Gasteiger partial charge in [-0.2, -0.15) is 0 Å². The van der Waals surface area contributed by atoms with E-state index in [2.05, 4.69) is 20.8 Å². The largest absolute Gasteiger partial charge is 0.396 e. The molecule has 1 N–H and O–H groups in total. The molecule has 0 saturated heterocycles. The number of rotatable bonds is 4. The van der Waals surface area contributed by atoms with E-state index in [1.165, 1.54) is 32.1 Å². The Bertz CT molecular complexity index is 223. The Morgan fingerprint density at radius 2 is 2.00 bits per heavy atom. The van der Waals surface area contributed by atoms with E-state index in [0.29, 0.717) is 12.5 Å². The van der Waals surface area contributed by atoms with Crippen LogP contribution in [0.2, 0.25) is 0 Å². The Balaban J connectivity index is 1.96. The molecule has 0 aromatic rings. The highest BCUT2D eigenvalue weighted by atomic mass is 16.3. The van der Waals surface area contributed by atoms with Crippen molar-refractivity contribution in [2.45, 2.75) is 52.9 Å². The molecule has 15 heavy (non-hydrogen) atoms. The first kappa shape index (κ1) is 11.4. The molecule has 0 spiro atoms. The minimum absolute atomic E-state index is 0.162. The number of hydrogen-bond donors (Lipinski definition) is 1. The lowest BCUT2D eigenvalue weighted by Crippen LogP contribution is -2.32. The van der Waals surface area contributed by atoms with Crippen LogP contribution in [0.5, 0.6) is 0 Å². The highest BCUT2D eigenvalue weighted by Gasteiger charge is 2.42. The zero-order chi connectivity index (χ0) is 11.1. The van der Waals surface area contributed by atoms with E-state index in [0.717, 1.165) is 17.8 Å². The van der Waals surface area contributed by atoms with Crippen LogP contribution in [-0.2, 0) is 0 Å². The Morgan fingerprint density at radius 1 is 1.27 bits per heavy atom. The van der Waals surface area contributed by atoms with E-state index >= 15 is 0 Å². The lowest BCUT2D eigenvalue weighted by atomic mass is 9.70. The second-order valence-corrected chi connectivity index (χ2v) is 6.61. The second kappa shape index (κ2) is 4.08. The molecule has 4 atom stereocenters. The van der Waals surface area contributed by atoms with Gasteiger partial charge in [0, 0.05) is 6.61 Å². The van der Waals surface area contributed by atoms with Crippen molar-refractivity contribution >= 4 is 0 Å². The molecular weight excluding hydrogens is 184 g/mol. The summed E-state index contributed by atoms with van der Waals surface area (Å²) in [6.45, 7) is 7.13. The summed E-state index contributed by atoms with van der Waals surface area (Å²) < 4.78 is 0. The highest BCUT2D eigenvalue weighted by molar-refractivity contribution is 4.93. The fourth-order valence-electron chi connectivity index (χ4n) is 3.71. The van der Waals surface area contributed by atoms with E-state index in [1.54, 1.807) is 0 Å². The molecule has 0 aromatic carbocycles. The summed E-state index contributed by atoms with van der Waals surface area (Å²) in [6.07, 6.45) is 7.15. The van der Waals surface area contributed by atoms with Crippen LogP contribution in [0, 0.1) is 29.1 Å². The summed E-state index contributed by atoms with van der Waals surface area (Å²) in [5.41, 5.74) is 0.162. The topological polar surface area (TPSA) is 20.2 Å². The second-order valence-electron chi connectivity index (χ2n) is 6.61. The van der Waals surface area contributed by atoms with Gasteiger partial charge in [0.1, 0.15) is 0 Å². The molecule has 2 aliphatic carbocycles. The summed E-state index contributed by atoms with van der Waals surface area (Å²) in [7, 11) is 0. The van der Waals surface area contributed by atoms with Crippen LogP contribution in [0.3, 0.4) is 0 Å². The molecule has 4 unspecified atom stereocenters. The van der Waals surface area contributed by atoms with E-state index in [-0.39, 0.29) is 5.41 Å². The summed E-state index contributed by atoms with van der Waals surface area (Å²) in [5.74, 6) is 3.56. The molecule has 0 aromatic heterocycles. The van der Waals surface area contributed by atoms with E-state index in [1.807, 2.05) is 0 Å². The summed E-state index contributed by atoms with van der Waals surface area (Å²) >= 11 is 0. The van der Waals surface area contributed by atoms with Gasteiger partial charge in [-0.05, 0) is 54.8 Å². The average Bonchev–Trinajstić information content (AvgIpc) is 2.78. The van der Waals surface area contributed by atoms with Gasteiger partial charge in [0.25, 0.3) is 0 Å². The van der Waals surface area contributed by atoms with Gasteiger partial charge >= 0.3 is 0 Å². The SMILES string of the molecule is CC(C)C(C)(CO)CC1CC2CCC1C2. The third-order valence-corrected chi connectivity index (χ3v) is 5.37. The third kappa shape index (κ3) is 2.08. The van der Waals surface area contributed by atoms with Gasteiger partial charge in [-0.1, -0.05) is 27.2 Å². The molecule has 2 saturated carbocycles. The Kier molecular flexibility index (Phi) is 3.12. The van der Waals surface area contributed by atoms with Crippen molar-refractivity contribution in [3.63, 3.8) is 0 Å². The van der Waals surface area contributed by atoms with E-state index < -0.39 is 0 Å². The number of fused-ring (bicyclic) bond motifs is 2. The Labute approximate surface area is 94.3 Å². The molecule has 88 valence electrons. The van der Waals surface area contributed by atoms with Crippen molar-refractivity contribution in [3.8, 4) is 0 Å². The van der Waals surface area contributed by atoms with Gasteiger partial charge < -0.3 is 5.11 Å². The van der Waals surface area contributed by atoms with Crippen molar-refractivity contribution < 1.29 is 5.11 Å². The van der Waals surface area contributed by atoms with Gasteiger partial charge in [0.2, 0.25) is 0 Å². The monoisotopic (exact) mass is 210 g/mol. The van der Waals surface area contributed by atoms with Crippen molar-refractivity contribution in [2.24, 2.45) is 29.1 Å². The normalized spacial score (nSPS) is 38.6. The molecule has 2 rings (SSSR count). The average molecular weight is 210 g/mol. The fourth-order valence-corrected chi connectivity index (χ4v) is 3.71. The minimum atomic E-state index is 0.162. The molecule has 2 aliphatic rings. The van der Waals surface area contributed by atoms with Crippen LogP contribution in [0.4, 0.5) is 0 Å². The lowest BCUT2D eigenvalue weighted by molar-refractivity contribution is 0.0562. The maximum absolute atomic E-state index is 9.59. The zero-order valence-electron chi connectivity index (χ0n) is 10.5. The van der Waals surface area contributed by atoms with Gasteiger partial charge in [-0.25, -0.2) is 0 Å². The summed E-state index contributed by atoms with van der Waals surface area (Å²) in [6, 6.07) is 0. The van der Waals surface area contributed by atoms with Crippen LogP contribution in [0.25, 0.3) is 0 Å². The maximum Gasteiger partial charge on any atom is 0.0487 e. The third-order valence-electron chi connectivity index (χ3n) is 5.37. The van der Waals surface area contributed by atoms with Crippen LogP contribution in [-0.4, -0.2) is 11.7 Å². The van der Waals surface area contributed by atoms with Crippen LogP contribution >= 0.6 is 0 Å². The van der Waals surface area contributed by atoms with Crippen LogP contribution in [0.15, 0.2) is 0 Å². The molecule has 1 heteroatoms. The first-order valence-electron chi connectivity index (χ1n) is 6.66. The van der Waals surface area contributed by atoms with Crippen molar-refractivity contribution in [3.05, 3.63) is 0 Å². The highest BCUT2D eigenvalue weighted by Crippen LogP contribution is 2.52. The molecule has 0 aliphatic heterocycles. The van der Waals surface area contributed by atoms with E-state index in [9.17, 15) is 5.11 Å². The molecule has 2 bridgehead atoms. The summed E-state index contributed by atoms with van der Waals surface area (Å²) in [5, 5.41) is 9.59. The first-order chi connectivity index (χ1) is 7.05. The lowest BCUT2D eigenvalue weighted by Gasteiger charge is -2.36.